The Kier molecular flexibility index (Phi) is 5.57. The SMILES string of the molecule is COc1ccc(NC(=O)[C@@H](C)Sc2nnc([C@H]3COc4ccccc4O3)o2)cc1. The number of carbonyl (C=O) groups excluding carboxylic acids is 1. The predicted octanol–water partition coefficient (Wildman–Crippen LogP) is 3.71. The Morgan fingerprint density at radius 2 is 1.93 bits per heavy atom. The molecule has 9 heteroatoms. The van der Waals surface area contributed by atoms with E-state index in [1.54, 1.807) is 38.3 Å². The Labute approximate surface area is 171 Å². The van der Waals surface area contributed by atoms with Crippen molar-refractivity contribution < 1.29 is 23.4 Å². The van der Waals surface area contributed by atoms with Crippen molar-refractivity contribution in [1.29, 1.82) is 0 Å². The summed E-state index contributed by atoms with van der Waals surface area (Å²) in [6.45, 7) is 2.04. The van der Waals surface area contributed by atoms with Gasteiger partial charge in [0.15, 0.2) is 11.5 Å². The molecular weight excluding hydrogens is 394 g/mol. The molecule has 0 radical (unpaired) electrons. The van der Waals surface area contributed by atoms with Crippen molar-refractivity contribution >= 4 is 23.4 Å². The second-order valence-corrected chi connectivity index (χ2v) is 7.54. The van der Waals surface area contributed by atoms with Crippen LogP contribution in [-0.2, 0) is 4.79 Å². The molecule has 0 unspecified atom stereocenters. The molecule has 0 aliphatic carbocycles. The van der Waals surface area contributed by atoms with Crippen LogP contribution in [-0.4, -0.2) is 35.1 Å². The van der Waals surface area contributed by atoms with Gasteiger partial charge in [0.25, 0.3) is 11.1 Å². The van der Waals surface area contributed by atoms with Gasteiger partial charge in [-0.1, -0.05) is 23.9 Å². The number of anilines is 1. The molecule has 1 aliphatic heterocycles. The molecule has 4 rings (SSSR count). The zero-order valence-electron chi connectivity index (χ0n) is 15.8. The van der Waals surface area contributed by atoms with E-state index >= 15 is 0 Å². The molecule has 1 amide bonds. The van der Waals surface area contributed by atoms with Crippen LogP contribution in [0.3, 0.4) is 0 Å². The van der Waals surface area contributed by atoms with Crippen molar-refractivity contribution in [3.63, 3.8) is 0 Å². The Balaban J connectivity index is 1.35. The van der Waals surface area contributed by atoms with Gasteiger partial charge in [-0.2, -0.15) is 0 Å². The van der Waals surface area contributed by atoms with Crippen molar-refractivity contribution in [2.45, 2.75) is 23.5 Å². The number of para-hydroxylation sites is 2. The minimum atomic E-state index is -0.491. The lowest BCUT2D eigenvalue weighted by Crippen LogP contribution is -2.22. The van der Waals surface area contributed by atoms with Crippen molar-refractivity contribution in [3.8, 4) is 17.2 Å². The van der Waals surface area contributed by atoms with E-state index in [1.807, 2.05) is 24.3 Å². The van der Waals surface area contributed by atoms with Crippen molar-refractivity contribution in [2.24, 2.45) is 0 Å². The Bertz CT molecular complexity index is 992. The second kappa shape index (κ2) is 8.44. The van der Waals surface area contributed by atoms with Crippen LogP contribution in [0.4, 0.5) is 5.69 Å². The number of hydrogen-bond donors (Lipinski definition) is 1. The number of nitrogens with zero attached hydrogens (tertiary/aromatic N) is 2. The summed E-state index contributed by atoms with van der Waals surface area (Å²) in [7, 11) is 1.59. The summed E-state index contributed by atoms with van der Waals surface area (Å²) in [4.78, 5) is 12.4. The molecule has 1 N–H and O–H groups in total. The molecule has 0 saturated carbocycles. The molecule has 0 spiro atoms. The molecule has 150 valence electrons. The first kappa shape index (κ1) is 19.1. The van der Waals surface area contributed by atoms with Crippen LogP contribution < -0.4 is 19.5 Å². The minimum absolute atomic E-state index is 0.175. The predicted molar refractivity (Wildman–Crippen MR) is 107 cm³/mol. The van der Waals surface area contributed by atoms with Gasteiger partial charge in [-0.3, -0.25) is 4.79 Å². The fraction of sp³-hybridized carbons (Fsp3) is 0.250. The third-order valence-electron chi connectivity index (χ3n) is 4.21. The van der Waals surface area contributed by atoms with Crippen LogP contribution in [0.2, 0.25) is 0 Å². The van der Waals surface area contributed by atoms with Crippen LogP contribution in [0, 0.1) is 0 Å². The van der Waals surface area contributed by atoms with E-state index in [2.05, 4.69) is 15.5 Å². The number of benzene rings is 2. The van der Waals surface area contributed by atoms with E-state index in [1.165, 1.54) is 11.8 Å². The van der Waals surface area contributed by atoms with Gasteiger partial charge in [0.1, 0.15) is 12.4 Å². The van der Waals surface area contributed by atoms with Gasteiger partial charge in [0.2, 0.25) is 12.0 Å². The first-order valence-electron chi connectivity index (χ1n) is 8.96. The molecule has 2 atom stereocenters. The summed E-state index contributed by atoms with van der Waals surface area (Å²) in [5.74, 6) is 2.17. The monoisotopic (exact) mass is 413 g/mol. The highest BCUT2D eigenvalue weighted by Gasteiger charge is 2.28. The number of rotatable bonds is 6. The summed E-state index contributed by atoms with van der Waals surface area (Å²) in [6, 6.07) is 14.5. The lowest BCUT2D eigenvalue weighted by atomic mass is 10.2. The van der Waals surface area contributed by atoms with E-state index in [4.69, 9.17) is 18.6 Å². The van der Waals surface area contributed by atoms with Crippen LogP contribution in [0.1, 0.15) is 18.9 Å². The molecule has 1 aromatic heterocycles. The molecular formula is C20H19N3O5S. The molecule has 2 aromatic carbocycles. The first-order valence-corrected chi connectivity index (χ1v) is 9.84. The van der Waals surface area contributed by atoms with Gasteiger partial charge in [0.05, 0.1) is 12.4 Å². The lowest BCUT2D eigenvalue weighted by molar-refractivity contribution is -0.115. The zero-order chi connectivity index (χ0) is 20.2. The number of nitrogens with one attached hydrogen (secondary N) is 1. The Morgan fingerprint density at radius 3 is 2.69 bits per heavy atom. The van der Waals surface area contributed by atoms with Crippen LogP contribution >= 0.6 is 11.8 Å². The number of amides is 1. The average molecular weight is 413 g/mol. The average Bonchev–Trinajstić information content (AvgIpc) is 3.22. The van der Waals surface area contributed by atoms with Gasteiger partial charge in [-0.05, 0) is 43.3 Å². The molecule has 1 aliphatic rings. The second-order valence-electron chi connectivity index (χ2n) is 6.25. The Hall–Kier alpha value is -3.20. The van der Waals surface area contributed by atoms with E-state index in [9.17, 15) is 4.79 Å². The van der Waals surface area contributed by atoms with Crippen molar-refractivity contribution in [3.05, 3.63) is 54.4 Å². The molecule has 0 fully saturated rings. The normalized spacial score (nSPS) is 16.1. The number of aromatic nitrogens is 2. The zero-order valence-corrected chi connectivity index (χ0v) is 16.6. The van der Waals surface area contributed by atoms with E-state index in [0.717, 1.165) is 5.75 Å². The van der Waals surface area contributed by atoms with Crippen molar-refractivity contribution in [1.82, 2.24) is 10.2 Å². The number of ether oxygens (including phenoxy) is 3. The van der Waals surface area contributed by atoms with Gasteiger partial charge >= 0.3 is 0 Å². The quantitative estimate of drug-likeness (QED) is 0.611. The fourth-order valence-corrected chi connectivity index (χ4v) is 3.35. The molecule has 3 aromatic rings. The van der Waals surface area contributed by atoms with Crippen molar-refractivity contribution in [2.75, 3.05) is 19.0 Å². The third-order valence-corrected chi connectivity index (χ3v) is 5.14. The van der Waals surface area contributed by atoms with Gasteiger partial charge < -0.3 is 23.9 Å². The minimum Gasteiger partial charge on any atom is -0.497 e. The topological polar surface area (TPSA) is 95.7 Å². The number of thioether (sulfide) groups is 1. The lowest BCUT2D eigenvalue weighted by Gasteiger charge is -2.23. The summed E-state index contributed by atoms with van der Waals surface area (Å²) in [5, 5.41) is 10.8. The smallest absolute Gasteiger partial charge is 0.277 e. The maximum atomic E-state index is 12.4. The molecule has 29 heavy (non-hydrogen) atoms. The standard InChI is InChI=1S/C20H19N3O5S/c1-12(18(24)21-13-7-9-14(25-2)10-8-13)29-20-23-22-19(28-20)17-11-26-15-5-3-4-6-16(15)27-17/h3-10,12,17H,11H2,1-2H3,(H,21,24)/t12-,17-/m1/s1. The summed E-state index contributed by atoms with van der Waals surface area (Å²) < 4.78 is 22.3. The number of hydrogen-bond acceptors (Lipinski definition) is 8. The molecule has 2 heterocycles. The molecule has 0 bridgehead atoms. The van der Waals surface area contributed by atoms with E-state index in [0.29, 0.717) is 28.3 Å². The number of methoxy groups -OCH3 is 1. The van der Waals surface area contributed by atoms with E-state index < -0.39 is 11.4 Å². The first-order chi connectivity index (χ1) is 14.1. The molecule has 0 saturated heterocycles. The largest absolute Gasteiger partial charge is 0.497 e. The Morgan fingerprint density at radius 1 is 1.17 bits per heavy atom. The van der Waals surface area contributed by atoms with Crippen LogP contribution in [0.15, 0.2) is 58.2 Å². The summed E-state index contributed by atoms with van der Waals surface area (Å²) >= 11 is 1.18. The van der Waals surface area contributed by atoms with Gasteiger partial charge in [-0.25, -0.2) is 0 Å². The highest BCUT2D eigenvalue weighted by atomic mass is 32.2. The maximum absolute atomic E-state index is 12.4. The fourth-order valence-electron chi connectivity index (χ4n) is 2.66. The molecule has 8 nitrogen and oxygen atoms in total. The van der Waals surface area contributed by atoms with Crippen LogP contribution in [0.5, 0.6) is 17.2 Å². The summed E-state index contributed by atoms with van der Waals surface area (Å²) in [6.07, 6.45) is -0.491. The highest BCUT2D eigenvalue weighted by molar-refractivity contribution is 8.00. The third kappa shape index (κ3) is 4.45. The number of fused-ring (bicyclic) bond motifs is 1. The summed E-state index contributed by atoms with van der Waals surface area (Å²) in [5.41, 5.74) is 0.681. The van der Waals surface area contributed by atoms with Gasteiger partial charge in [0, 0.05) is 5.69 Å². The van der Waals surface area contributed by atoms with E-state index in [-0.39, 0.29) is 12.5 Å². The number of carbonyl (C=O) groups is 1. The van der Waals surface area contributed by atoms with Crippen LogP contribution in [0.25, 0.3) is 0 Å². The van der Waals surface area contributed by atoms with Gasteiger partial charge in [-0.15, -0.1) is 10.2 Å². The highest BCUT2D eigenvalue weighted by Crippen LogP contribution is 2.36. The maximum Gasteiger partial charge on any atom is 0.277 e.